The molecule has 2 aromatic heterocycles. The fraction of sp³-hybridized carbons (Fsp3) is 0.371. The van der Waals surface area contributed by atoms with Crippen LogP contribution in [0.1, 0.15) is 76.1 Å². The molecule has 0 fully saturated rings. The molecule has 1 atom stereocenters. The van der Waals surface area contributed by atoms with Gasteiger partial charge in [-0.3, -0.25) is 0 Å². The monoisotopic (exact) mass is 584 g/mol. The lowest BCUT2D eigenvalue weighted by atomic mass is 9.73. The Morgan fingerprint density at radius 3 is 2.07 bits per heavy atom. The van der Waals surface area contributed by atoms with E-state index in [0.717, 1.165) is 11.1 Å². The predicted octanol–water partition coefficient (Wildman–Crippen LogP) is 7.26. The van der Waals surface area contributed by atoms with Gasteiger partial charge in [-0.05, 0) is 58.4 Å². The quantitative estimate of drug-likeness (QED) is 0.179. The van der Waals surface area contributed by atoms with Crippen LogP contribution < -0.4 is 30.2 Å². The van der Waals surface area contributed by atoms with Crippen LogP contribution in [0.25, 0.3) is 28.0 Å². The smallest absolute Gasteiger partial charge is 0.336 e. The summed E-state index contributed by atoms with van der Waals surface area (Å²) >= 11 is 0. The van der Waals surface area contributed by atoms with Crippen LogP contribution in [0, 0.1) is 0 Å². The van der Waals surface area contributed by atoms with Crippen LogP contribution in [0.3, 0.4) is 0 Å². The molecule has 0 spiro atoms. The van der Waals surface area contributed by atoms with Crippen LogP contribution in [0.5, 0.6) is 23.0 Å². The second-order valence-corrected chi connectivity index (χ2v) is 12.9. The van der Waals surface area contributed by atoms with Crippen molar-refractivity contribution in [2.75, 3.05) is 14.2 Å². The van der Waals surface area contributed by atoms with E-state index in [2.05, 4.69) is 6.58 Å². The predicted molar refractivity (Wildman–Crippen MR) is 166 cm³/mol. The lowest BCUT2D eigenvalue weighted by Gasteiger charge is -2.42. The second kappa shape index (κ2) is 9.53. The highest BCUT2D eigenvalue weighted by Gasteiger charge is 2.45. The van der Waals surface area contributed by atoms with Crippen molar-refractivity contribution in [2.24, 2.45) is 0 Å². The fourth-order valence-electron chi connectivity index (χ4n) is 6.43. The average Bonchev–Trinajstić information content (AvgIpc) is 2.93. The van der Waals surface area contributed by atoms with Gasteiger partial charge in [0.25, 0.3) is 0 Å². The molecule has 2 aromatic carbocycles. The number of hydrogen-bond acceptors (Lipinski definition) is 8. The number of benzene rings is 2. The van der Waals surface area contributed by atoms with Crippen LogP contribution in [0.15, 0.2) is 61.4 Å². The van der Waals surface area contributed by atoms with Gasteiger partial charge < -0.3 is 27.8 Å². The lowest BCUT2D eigenvalue weighted by molar-refractivity contribution is 0.0731. The number of hydrogen-bond donors (Lipinski definition) is 0. The molecule has 2 aliphatic rings. The van der Waals surface area contributed by atoms with Crippen molar-refractivity contribution in [3.05, 3.63) is 86.1 Å². The third kappa shape index (κ3) is 4.42. The second-order valence-electron chi connectivity index (χ2n) is 12.9. The number of allylic oxidation sites excluding steroid dienone is 1. The molecule has 8 heteroatoms. The molecule has 6 rings (SSSR count). The molecule has 224 valence electrons. The van der Waals surface area contributed by atoms with E-state index in [-0.39, 0.29) is 0 Å². The lowest BCUT2D eigenvalue weighted by Crippen LogP contribution is -2.38. The summed E-state index contributed by atoms with van der Waals surface area (Å²) in [6.45, 7) is 16.0. The summed E-state index contributed by atoms with van der Waals surface area (Å²) in [6.07, 6.45) is 6.28. The molecule has 1 unspecified atom stereocenters. The van der Waals surface area contributed by atoms with Crippen LogP contribution >= 0.6 is 0 Å². The molecule has 0 aliphatic carbocycles. The maximum atomic E-state index is 12.8. The van der Waals surface area contributed by atoms with E-state index in [4.69, 9.17) is 27.8 Å². The Kier molecular flexibility index (Phi) is 6.35. The Hall–Kier alpha value is -4.46. The fourth-order valence-corrected chi connectivity index (χ4v) is 6.43. The molecule has 2 aliphatic heterocycles. The molecule has 0 amide bonds. The van der Waals surface area contributed by atoms with Gasteiger partial charge in [0.2, 0.25) is 0 Å². The summed E-state index contributed by atoms with van der Waals surface area (Å²) < 4.78 is 37.3. The molecule has 0 saturated heterocycles. The van der Waals surface area contributed by atoms with Gasteiger partial charge >= 0.3 is 11.3 Å². The Morgan fingerprint density at radius 2 is 1.47 bits per heavy atom. The highest BCUT2D eigenvalue weighted by atomic mass is 16.5. The SMILES string of the molecule is C=CC(C)(C)c1c2c(c(OC)c3ccc(=O)oc13)C(c1c3c(c(OC)c4ccc(=O)oc14)C=CC(C)(C)O3)CC(C)(C)O2. The molecule has 43 heavy (non-hydrogen) atoms. The molecule has 0 N–H and O–H groups in total. The zero-order valence-corrected chi connectivity index (χ0v) is 25.8. The third-order valence-electron chi connectivity index (χ3n) is 8.43. The summed E-state index contributed by atoms with van der Waals surface area (Å²) in [5.74, 6) is 1.72. The summed E-state index contributed by atoms with van der Waals surface area (Å²) in [4.78, 5) is 25.3. The normalized spacial score (nSPS) is 18.4. The van der Waals surface area contributed by atoms with Crippen molar-refractivity contribution in [1.29, 1.82) is 0 Å². The maximum absolute atomic E-state index is 12.8. The van der Waals surface area contributed by atoms with Crippen molar-refractivity contribution in [2.45, 2.75) is 70.5 Å². The summed E-state index contributed by atoms with van der Waals surface area (Å²) in [6, 6.07) is 6.21. The van der Waals surface area contributed by atoms with Crippen LogP contribution in [-0.4, -0.2) is 25.4 Å². The zero-order chi connectivity index (χ0) is 31.1. The Balaban J connectivity index is 1.85. The van der Waals surface area contributed by atoms with Gasteiger partial charge in [0.1, 0.15) is 45.4 Å². The molecule has 4 aromatic rings. The largest absolute Gasteiger partial charge is 0.496 e. The van der Waals surface area contributed by atoms with E-state index in [9.17, 15) is 9.59 Å². The Morgan fingerprint density at radius 1 is 0.860 bits per heavy atom. The first-order valence-electron chi connectivity index (χ1n) is 14.3. The minimum absolute atomic E-state index is 0.370. The van der Waals surface area contributed by atoms with Gasteiger partial charge in [0.05, 0.1) is 30.6 Å². The van der Waals surface area contributed by atoms with Crippen LogP contribution in [0.2, 0.25) is 0 Å². The maximum Gasteiger partial charge on any atom is 0.336 e. The van der Waals surface area contributed by atoms with E-state index in [0.29, 0.717) is 62.5 Å². The molecule has 8 nitrogen and oxygen atoms in total. The molecular formula is C35H36O8. The summed E-state index contributed by atoms with van der Waals surface area (Å²) in [5.41, 5.74) is 0.610. The van der Waals surface area contributed by atoms with Gasteiger partial charge in [0, 0.05) is 40.2 Å². The van der Waals surface area contributed by atoms with Gasteiger partial charge in [0.15, 0.2) is 0 Å². The standard InChI is InChI=1S/C35H36O8/c1-10-33(2,3)26-31-19(12-14-23(37)41-31)28(39-9)24-21(17-35(6,7)43-32(24)26)25-29-18(11-13-22(36)40-29)27(38-8)20-15-16-34(4,5)42-30(20)25/h10-16,21H,1,17H2,2-9H3. The van der Waals surface area contributed by atoms with E-state index in [1.165, 1.54) is 12.1 Å². The van der Waals surface area contributed by atoms with Crippen molar-refractivity contribution in [3.63, 3.8) is 0 Å². The highest BCUT2D eigenvalue weighted by Crippen LogP contribution is 2.59. The first-order valence-corrected chi connectivity index (χ1v) is 14.3. The third-order valence-corrected chi connectivity index (χ3v) is 8.43. The molecule has 0 saturated carbocycles. The van der Waals surface area contributed by atoms with Gasteiger partial charge in [-0.25, -0.2) is 9.59 Å². The van der Waals surface area contributed by atoms with Crippen molar-refractivity contribution >= 4 is 28.0 Å². The van der Waals surface area contributed by atoms with Gasteiger partial charge in [-0.15, -0.1) is 6.58 Å². The molecule has 0 radical (unpaired) electrons. The van der Waals surface area contributed by atoms with E-state index in [1.54, 1.807) is 26.4 Å². The number of ether oxygens (including phenoxy) is 4. The molecular weight excluding hydrogens is 548 g/mol. The van der Waals surface area contributed by atoms with Crippen molar-refractivity contribution in [1.82, 2.24) is 0 Å². The summed E-state index contributed by atoms with van der Waals surface area (Å²) in [7, 11) is 3.17. The first-order chi connectivity index (χ1) is 20.2. The average molecular weight is 585 g/mol. The van der Waals surface area contributed by atoms with Crippen molar-refractivity contribution in [3.8, 4) is 23.0 Å². The zero-order valence-electron chi connectivity index (χ0n) is 25.8. The van der Waals surface area contributed by atoms with Crippen LogP contribution in [0.4, 0.5) is 0 Å². The number of methoxy groups -OCH3 is 2. The van der Waals surface area contributed by atoms with E-state index in [1.807, 2.05) is 59.8 Å². The highest BCUT2D eigenvalue weighted by molar-refractivity contribution is 5.97. The van der Waals surface area contributed by atoms with Crippen LogP contribution in [-0.2, 0) is 5.41 Å². The first kappa shape index (κ1) is 28.6. The van der Waals surface area contributed by atoms with E-state index < -0.39 is 33.8 Å². The molecule has 0 bridgehead atoms. The van der Waals surface area contributed by atoms with Gasteiger partial charge in [-0.1, -0.05) is 19.9 Å². The number of fused-ring (bicyclic) bond motifs is 4. The van der Waals surface area contributed by atoms with Crippen molar-refractivity contribution < 1.29 is 27.8 Å². The molecule has 4 heterocycles. The number of rotatable bonds is 5. The Labute approximate surface area is 249 Å². The minimum Gasteiger partial charge on any atom is -0.496 e. The van der Waals surface area contributed by atoms with Gasteiger partial charge in [-0.2, -0.15) is 0 Å². The van der Waals surface area contributed by atoms with E-state index >= 15 is 0 Å². The summed E-state index contributed by atoms with van der Waals surface area (Å²) in [5, 5.41) is 1.26. The Bertz CT molecular complexity index is 1970. The minimum atomic E-state index is -0.703. The topological polar surface area (TPSA) is 97.3 Å².